The molecule has 3 rings (SSSR count). The first-order chi connectivity index (χ1) is 11.6. The van der Waals surface area contributed by atoms with Crippen LogP contribution >= 0.6 is 0 Å². The lowest BCUT2D eigenvalue weighted by atomic mass is 9.84. The van der Waals surface area contributed by atoms with Gasteiger partial charge in [-0.2, -0.15) is 0 Å². The molecule has 0 fully saturated rings. The van der Waals surface area contributed by atoms with Gasteiger partial charge in [0.1, 0.15) is 0 Å². The van der Waals surface area contributed by atoms with Gasteiger partial charge in [0.15, 0.2) is 5.78 Å². The van der Waals surface area contributed by atoms with Crippen LogP contribution in [0.2, 0.25) is 0 Å². The monoisotopic (exact) mass is 314 g/mol. The van der Waals surface area contributed by atoms with Gasteiger partial charge in [0.2, 0.25) is 0 Å². The lowest BCUT2D eigenvalue weighted by Crippen LogP contribution is -2.16. The van der Waals surface area contributed by atoms with Gasteiger partial charge in [-0.05, 0) is 41.7 Å². The molecule has 0 saturated heterocycles. The summed E-state index contributed by atoms with van der Waals surface area (Å²) in [6, 6.07) is 18.3. The van der Waals surface area contributed by atoms with Gasteiger partial charge in [-0.15, -0.1) is 5.73 Å². The van der Waals surface area contributed by atoms with Crippen molar-refractivity contribution in [2.45, 2.75) is 32.6 Å². The van der Waals surface area contributed by atoms with E-state index < -0.39 is 0 Å². The van der Waals surface area contributed by atoms with Crippen molar-refractivity contribution in [3.63, 3.8) is 0 Å². The number of benzene rings is 2. The SMILES string of the molecule is CC1=C=CC(c2ccccc2)C(=O)/C1=C\c1ccc(C(C)C)cc1. The van der Waals surface area contributed by atoms with E-state index in [1.807, 2.05) is 49.4 Å². The third kappa shape index (κ3) is 3.32. The maximum Gasteiger partial charge on any atom is 0.175 e. The Morgan fingerprint density at radius 2 is 1.67 bits per heavy atom. The molecule has 1 aliphatic rings. The summed E-state index contributed by atoms with van der Waals surface area (Å²) in [5.74, 6) is 0.413. The second-order valence-electron chi connectivity index (χ2n) is 6.57. The van der Waals surface area contributed by atoms with Crippen LogP contribution in [-0.4, -0.2) is 5.78 Å². The molecule has 0 bridgehead atoms. The number of Topliss-reactive ketones (excluding diaryl/α,β-unsaturated/α-hetero) is 1. The summed E-state index contributed by atoms with van der Waals surface area (Å²) in [6.45, 7) is 6.31. The molecule has 0 amide bonds. The Balaban J connectivity index is 1.95. The molecule has 0 aromatic heterocycles. The van der Waals surface area contributed by atoms with Crippen molar-refractivity contribution in [3.05, 3.63) is 94.2 Å². The molecule has 0 saturated carbocycles. The standard InChI is InChI=1S/C23H22O/c1-16(2)19-12-10-18(11-13-19)15-22-17(3)9-14-21(23(22)24)20-7-5-4-6-8-20/h4-8,10-16,21H,1-3H3/b22-15-. The van der Waals surface area contributed by atoms with Crippen LogP contribution in [0.25, 0.3) is 6.08 Å². The molecule has 0 spiro atoms. The van der Waals surface area contributed by atoms with E-state index in [1.54, 1.807) is 0 Å². The number of ketones is 1. The quantitative estimate of drug-likeness (QED) is 0.527. The first-order valence-electron chi connectivity index (χ1n) is 8.41. The second kappa shape index (κ2) is 6.86. The molecule has 1 heteroatoms. The van der Waals surface area contributed by atoms with Crippen molar-refractivity contribution in [1.82, 2.24) is 0 Å². The van der Waals surface area contributed by atoms with Gasteiger partial charge < -0.3 is 0 Å². The predicted octanol–water partition coefficient (Wildman–Crippen LogP) is 5.66. The molecule has 0 aliphatic heterocycles. The number of hydrogen-bond acceptors (Lipinski definition) is 1. The van der Waals surface area contributed by atoms with Crippen LogP contribution in [0.4, 0.5) is 0 Å². The van der Waals surface area contributed by atoms with Gasteiger partial charge in [-0.3, -0.25) is 4.79 Å². The Hall–Kier alpha value is -2.63. The number of hydrogen-bond donors (Lipinski definition) is 0. The van der Waals surface area contributed by atoms with Crippen molar-refractivity contribution in [3.8, 4) is 0 Å². The van der Waals surface area contributed by atoms with E-state index in [9.17, 15) is 4.79 Å². The van der Waals surface area contributed by atoms with Gasteiger partial charge >= 0.3 is 0 Å². The Bertz CT molecular complexity index is 829. The third-order valence-corrected chi connectivity index (χ3v) is 4.49. The predicted molar refractivity (Wildman–Crippen MR) is 100.0 cm³/mol. The Morgan fingerprint density at radius 1 is 1.00 bits per heavy atom. The van der Waals surface area contributed by atoms with Crippen LogP contribution < -0.4 is 0 Å². The Morgan fingerprint density at radius 3 is 2.29 bits per heavy atom. The average Bonchev–Trinajstić information content (AvgIpc) is 2.60. The van der Waals surface area contributed by atoms with E-state index in [0.29, 0.717) is 5.92 Å². The van der Waals surface area contributed by atoms with Crippen LogP contribution in [0.15, 0.2) is 77.6 Å². The summed E-state index contributed by atoms with van der Waals surface area (Å²) < 4.78 is 0. The minimum absolute atomic E-state index is 0.144. The highest BCUT2D eigenvalue weighted by atomic mass is 16.1. The number of carbonyl (C=O) groups is 1. The van der Waals surface area contributed by atoms with Crippen molar-refractivity contribution in [2.24, 2.45) is 0 Å². The molecule has 1 atom stereocenters. The van der Waals surface area contributed by atoms with E-state index in [-0.39, 0.29) is 11.7 Å². The fraction of sp³-hybridized carbons (Fsp3) is 0.217. The summed E-state index contributed by atoms with van der Waals surface area (Å²) in [4.78, 5) is 13.0. The number of rotatable bonds is 3. The number of carbonyl (C=O) groups excluding carboxylic acids is 1. The Kier molecular flexibility index (Phi) is 4.64. The Labute approximate surface area is 144 Å². The molecule has 0 radical (unpaired) electrons. The minimum atomic E-state index is -0.240. The zero-order valence-electron chi connectivity index (χ0n) is 14.4. The average molecular weight is 314 g/mol. The molecular weight excluding hydrogens is 292 g/mol. The lowest BCUT2D eigenvalue weighted by Gasteiger charge is -2.17. The summed E-state index contributed by atoms with van der Waals surface area (Å²) in [7, 11) is 0. The smallest absolute Gasteiger partial charge is 0.175 e. The summed E-state index contributed by atoms with van der Waals surface area (Å²) in [5, 5.41) is 0. The highest BCUT2D eigenvalue weighted by molar-refractivity contribution is 6.09. The number of allylic oxidation sites excluding steroid dienone is 2. The van der Waals surface area contributed by atoms with Gasteiger partial charge in [0, 0.05) is 11.1 Å². The highest BCUT2D eigenvalue weighted by Gasteiger charge is 2.25. The molecule has 2 aromatic rings. The summed E-state index contributed by atoms with van der Waals surface area (Å²) >= 11 is 0. The zero-order valence-corrected chi connectivity index (χ0v) is 14.4. The molecule has 120 valence electrons. The van der Waals surface area contributed by atoms with E-state index in [0.717, 1.165) is 22.3 Å². The van der Waals surface area contributed by atoms with Crippen LogP contribution in [0, 0.1) is 0 Å². The van der Waals surface area contributed by atoms with Gasteiger partial charge in [0.05, 0.1) is 5.92 Å². The van der Waals surface area contributed by atoms with Gasteiger partial charge in [-0.25, -0.2) is 0 Å². The van der Waals surface area contributed by atoms with Crippen LogP contribution in [0.3, 0.4) is 0 Å². The first-order valence-corrected chi connectivity index (χ1v) is 8.41. The molecule has 1 unspecified atom stereocenters. The van der Waals surface area contributed by atoms with Crippen molar-refractivity contribution >= 4 is 11.9 Å². The fourth-order valence-electron chi connectivity index (χ4n) is 2.95. The maximum absolute atomic E-state index is 13.0. The van der Waals surface area contributed by atoms with E-state index in [1.165, 1.54) is 5.56 Å². The molecule has 1 nitrogen and oxygen atoms in total. The lowest BCUT2D eigenvalue weighted by molar-refractivity contribution is -0.115. The van der Waals surface area contributed by atoms with E-state index in [2.05, 4.69) is 43.8 Å². The molecule has 2 aromatic carbocycles. The zero-order chi connectivity index (χ0) is 17.1. The molecular formula is C23H22O. The van der Waals surface area contributed by atoms with Gasteiger partial charge in [-0.1, -0.05) is 68.4 Å². The normalized spacial score (nSPS) is 19.0. The van der Waals surface area contributed by atoms with E-state index >= 15 is 0 Å². The highest BCUT2D eigenvalue weighted by Crippen LogP contribution is 2.29. The third-order valence-electron chi connectivity index (χ3n) is 4.49. The van der Waals surface area contributed by atoms with Crippen molar-refractivity contribution < 1.29 is 4.79 Å². The second-order valence-corrected chi connectivity index (χ2v) is 6.57. The summed E-state index contributed by atoms with van der Waals surface area (Å²) in [6.07, 6.45) is 3.86. The minimum Gasteiger partial charge on any atom is -0.293 e. The topological polar surface area (TPSA) is 17.1 Å². The fourth-order valence-corrected chi connectivity index (χ4v) is 2.95. The summed E-state index contributed by atoms with van der Waals surface area (Å²) in [5.41, 5.74) is 8.30. The van der Waals surface area contributed by atoms with E-state index in [4.69, 9.17) is 0 Å². The largest absolute Gasteiger partial charge is 0.293 e. The van der Waals surface area contributed by atoms with Crippen LogP contribution in [-0.2, 0) is 4.79 Å². The van der Waals surface area contributed by atoms with Gasteiger partial charge in [0.25, 0.3) is 0 Å². The van der Waals surface area contributed by atoms with Crippen LogP contribution in [0.1, 0.15) is 49.3 Å². The molecule has 0 N–H and O–H groups in total. The molecule has 0 heterocycles. The van der Waals surface area contributed by atoms with Crippen molar-refractivity contribution in [1.29, 1.82) is 0 Å². The van der Waals surface area contributed by atoms with Crippen molar-refractivity contribution in [2.75, 3.05) is 0 Å². The molecule has 1 aliphatic carbocycles. The van der Waals surface area contributed by atoms with Crippen LogP contribution in [0.5, 0.6) is 0 Å². The molecule has 24 heavy (non-hydrogen) atoms. The maximum atomic E-state index is 13.0. The first kappa shape index (κ1) is 16.2.